The van der Waals surface area contributed by atoms with Gasteiger partial charge in [0.05, 0.1) is 17.7 Å². The van der Waals surface area contributed by atoms with Gasteiger partial charge in [-0.15, -0.1) is 0 Å². The lowest BCUT2D eigenvalue weighted by Crippen LogP contribution is -2.28. The molecule has 0 aliphatic heterocycles. The van der Waals surface area contributed by atoms with Gasteiger partial charge in [-0.05, 0) is 48.5 Å². The standard InChI is InChI=1S/C19H18N2O5S/c22-19(20-13-17-7-4-12-25-17)14-26-16-8-10-18(11-9-16)27(23,24)21-15-5-2-1-3-6-15/h1-12,21H,13-14H2,(H,20,22). The van der Waals surface area contributed by atoms with E-state index in [0.717, 1.165) is 0 Å². The number of amides is 1. The third-order valence-electron chi connectivity index (χ3n) is 3.57. The van der Waals surface area contributed by atoms with E-state index in [1.165, 1.54) is 30.5 Å². The van der Waals surface area contributed by atoms with Crippen LogP contribution in [0.15, 0.2) is 82.3 Å². The monoisotopic (exact) mass is 386 g/mol. The Morgan fingerprint density at radius 2 is 1.70 bits per heavy atom. The number of hydrogen-bond acceptors (Lipinski definition) is 5. The van der Waals surface area contributed by atoms with Gasteiger partial charge in [0.2, 0.25) is 0 Å². The molecule has 8 heteroatoms. The third kappa shape index (κ3) is 5.35. The average molecular weight is 386 g/mol. The summed E-state index contributed by atoms with van der Waals surface area (Å²) in [5.74, 6) is 0.722. The minimum Gasteiger partial charge on any atom is -0.484 e. The van der Waals surface area contributed by atoms with E-state index in [-0.39, 0.29) is 24.0 Å². The van der Waals surface area contributed by atoms with Gasteiger partial charge in [-0.1, -0.05) is 18.2 Å². The molecule has 0 spiro atoms. The maximum Gasteiger partial charge on any atom is 0.261 e. The van der Waals surface area contributed by atoms with Crippen LogP contribution in [0.1, 0.15) is 5.76 Å². The molecule has 0 bridgehead atoms. The highest BCUT2D eigenvalue weighted by Gasteiger charge is 2.14. The smallest absolute Gasteiger partial charge is 0.261 e. The van der Waals surface area contributed by atoms with Gasteiger partial charge in [0.15, 0.2) is 6.61 Å². The van der Waals surface area contributed by atoms with Gasteiger partial charge in [0, 0.05) is 5.69 Å². The number of sulfonamides is 1. The van der Waals surface area contributed by atoms with Gasteiger partial charge >= 0.3 is 0 Å². The summed E-state index contributed by atoms with van der Waals surface area (Å²) in [4.78, 5) is 11.9. The second kappa shape index (κ2) is 8.41. The Morgan fingerprint density at radius 1 is 0.963 bits per heavy atom. The molecule has 0 saturated carbocycles. The van der Waals surface area contributed by atoms with Crippen molar-refractivity contribution >= 4 is 21.6 Å². The van der Waals surface area contributed by atoms with Crippen molar-refractivity contribution in [1.82, 2.24) is 5.32 Å². The molecule has 0 atom stereocenters. The molecule has 2 N–H and O–H groups in total. The molecule has 0 radical (unpaired) electrons. The number of nitrogens with one attached hydrogen (secondary N) is 2. The molecule has 7 nitrogen and oxygen atoms in total. The SMILES string of the molecule is O=C(COc1ccc(S(=O)(=O)Nc2ccccc2)cc1)NCc1ccco1. The summed E-state index contributed by atoms with van der Waals surface area (Å²) in [7, 11) is -3.69. The molecule has 0 unspecified atom stereocenters. The summed E-state index contributed by atoms with van der Waals surface area (Å²) in [6.45, 7) is 0.0899. The molecule has 0 aliphatic rings. The topological polar surface area (TPSA) is 97.6 Å². The van der Waals surface area contributed by atoms with Crippen LogP contribution in [0.3, 0.4) is 0 Å². The van der Waals surface area contributed by atoms with E-state index in [2.05, 4.69) is 10.0 Å². The van der Waals surface area contributed by atoms with Crippen molar-refractivity contribution < 1.29 is 22.4 Å². The fourth-order valence-electron chi connectivity index (χ4n) is 2.23. The summed E-state index contributed by atoms with van der Waals surface area (Å²) in [6, 6.07) is 17.9. The number of furan rings is 1. The van der Waals surface area contributed by atoms with E-state index in [1.807, 2.05) is 0 Å². The van der Waals surface area contributed by atoms with Gasteiger partial charge in [0.1, 0.15) is 11.5 Å². The van der Waals surface area contributed by atoms with Crippen molar-refractivity contribution in [3.63, 3.8) is 0 Å². The zero-order valence-corrected chi connectivity index (χ0v) is 15.1. The fraction of sp³-hybridized carbons (Fsp3) is 0.105. The largest absolute Gasteiger partial charge is 0.484 e. The zero-order valence-electron chi connectivity index (χ0n) is 14.3. The highest BCUT2D eigenvalue weighted by Crippen LogP contribution is 2.19. The van der Waals surface area contributed by atoms with Gasteiger partial charge < -0.3 is 14.5 Å². The van der Waals surface area contributed by atoms with E-state index >= 15 is 0 Å². The van der Waals surface area contributed by atoms with E-state index in [9.17, 15) is 13.2 Å². The van der Waals surface area contributed by atoms with Crippen molar-refractivity contribution in [3.8, 4) is 5.75 Å². The Bertz CT molecular complexity index is 969. The first-order valence-electron chi connectivity index (χ1n) is 8.13. The van der Waals surface area contributed by atoms with Crippen LogP contribution in [0.25, 0.3) is 0 Å². The van der Waals surface area contributed by atoms with Gasteiger partial charge in [-0.2, -0.15) is 0 Å². The number of rotatable bonds is 8. The summed E-state index contributed by atoms with van der Waals surface area (Å²) in [6.07, 6.45) is 1.53. The molecular formula is C19H18N2O5S. The normalized spacial score (nSPS) is 11.0. The minimum absolute atomic E-state index is 0.0981. The summed E-state index contributed by atoms with van der Waals surface area (Å²) in [5.41, 5.74) is 0.478. The first-order chi connectivity index (χ1) is 13.0. The van der Waals surface area contributed by atoms with Crippen molar-refractivity contribution in [1.29, 1.82) is 0 Å². The van der Waals surface area contributed by atoms with Crippen molar-refractivity contribution in [2.24, 2.45) is 0 Å². The maximum absolute atomic E-state index is 12.4. The molecule has 140 valence electrons. The Labute approximate surface area is 157 Å². The number of para-hydroxylation sites is 1. The molecule has 1 heterocycles. The van der Waals surface area contributed by atoms with E-state index in [0.29, 0.717) is 17.2 Å². The highest BCUT2D eigenvalue weighted by atomic mass is 32.2. The van der Waals surface area contributed by atoms with Crippen LogP contribution >= 0.6 is 0 Å². The molecule has 27 heavy (non-hydrogen) atoms. The third-order valence-corrected chi connectivity index (χ3v) is 4.97. The Hall–Kier alpha value is -3.26. The lowest BCUT2D eigenvalue weighted by molar-refractivity contribution is -0.123. The Balaban J connectivity index is 1.53. The first kappa shape index (κ1) is 18.5. The molecular weight excluding hydrogens is 368 g/mol. The molecule has 3 aromatic rings. The van der Waals surface area contributed by atoms with Gasteiger partial charge in [-0.25, -0.2) is 8.42 Å². The van der Waals surface area contributed by atoms with E-state index in [1.54, 1.807) is 42.5 Å². The zero-order chi connectivity index (χ0) is 19.1. The highest BCUT2D eigenvalue weighted by molar-refractivity contribution is 7.92. The quantitative estimate of drug-likeness (QED) is 0.620. The minimum atomic E-state index is -3.69. The van der Waals surface area contributed by atoms with Crippen LogP contribution in [-0.4, -0.2) is 20.9 Å². The molecule has 0 aliphatic carbocycles. The van der Waals surface area contributed by atoms with Crippen LogP contribution in [0.5, 0.6) is 5.75 Å². The van der Waals surface area contributed by atoms with Crippen LogP contribution < -0.4 is 14.8 Å². The number of carbonyl (C=O) groups is 1. The Morgan fingerprint density at radius 3 is 2.37 bits per heavy atom. The van der Waals surface area contributed by atoms with E-state index < -0.39 is 10.0 Å². The van der Waals surface area contributed by atoms with E-state index in [4.69, 9.17) is 9.15 Å². The van der Waals surface area contributed by atoms with Crippen molar-refractivity contribution in [2.45, 2.75) is 11.4 Å². The van der Waals surface area contributed by atoms with Crippen molar-refractivity contribution in [3.05, 3.63) is 78.8 Å². The average Bonchev–Trinajstić information content (AvgIpc) is 3.19. The number of ether oxygens (including phenoxy) is 1. The molecule has 1 aromatic heterocycles. The Kier molecular flexibility index (Phi) is 5.77. The lowest BCUT2D eigenvalue weighted by Gasteiger charge is -2.10. The number of anilines is 1. The van der Waals surface area contributed by atoms with Crippen LogP contribution in [0.4, 0.5) is 5.69 Å². The summed E-state index contributed by atoms with van der Waals surface area (Å²) >= 11 is 0. The second-order valence-electron chi connectivity index (χ2n) is 5.59. The summed E-state index contributed by atoms with van der Waals surface area (Å²) < 4.78 is 37.7. The molecule has 0 saturated heterocycles. The number of hydrogen-bond donors (Lipinski definition) is 2. The fourth-order valence-corrected chi connectivity index (χ4v) is 3.29. The predicted octanol–water partition coefficient (Wildman–Crippen LogP) is 2.78. The molecule has 2 aromatic carbocycles. The maximum atomic E-state index is 12.4. The van der Waals surface area contributed by atoms with Crippen molar-refractivity contribution in [2.75, 3.05) is 11.3 Å². The number of carbonyl (C=O) groups excluding carboxylic acids is 1. The first-order valence-corrected chi connectivity index (χ1v) is 9.61. The van der Waals surface area contributed by atoms with Crippen LogP contribution in [0.2, 0.25) is 0 Å². The predicted molar refractivity (Wildman–Crippen MR) is 99.7 cm³/mol. The van der Waals surface area contributed by atoms with Gasteiger partial charge in [-0.3, -0.25) is 9.52 Å². The van der Waals surface area contributed by atoms with Gasteiger partial charge in [0.25, 0.3) is 15.9 Å². The number of benzene rings is 2. The molecule has 1 amide bonds. The van der Waals surface area contributed by atoms with Crippen LogP contribution in [-0.2, 0) is 21.4 Å². The molecule has 3 rings (SSSR count). The second-order valence-corrected chi connectivity index (χ2v) is 7.27. The summed E-state index contributed by atoms with van der Waals surface area (Å²) in [5, 5.41) is 2.65. The molecule has 0 fully saturated rings. The lowest BCUT2D eigenvalue weighted by atomic mass is 10.3. The van der Waals surface area contributed by atoms with Crippen LogP contribution in [0, 0.1) is 0 Å².